The van der Waals surface area contributed by atoms with Gasteiger partial charge in [-0.05, 0) is 61.7 Å². The summed E-state index contributed by atoms with van der Waals surface area (Å²) in [6.45, 7) is 16.3. The summed E-state index contributed by atoms with van der Waals surface area (Å²) < 4.78 is 5.84. The van der Waals surface area contributed by atoms with Gasteiger partial charge >= 0.3 is 5.97 Å². The Morgan fingerprint density at radius 2 is 1.81 bits per heavy atom. The first-order valence-corrected chi connectivity index (χ1v) is 11.0. The largest absolute Gasteiger partial charge is 0.461 e. The van der Waals surface area contributed by atoms with E-state index in [4.69, 9.17) is 4.74 Å². The van der Waals surface area contributed by atoms with Gasteiger partial charge in [0.15, 0.2) is 0 Å². The van der Waals surface area contributed by atoms with Crippen LogP contribution in [0, 0.1) is 22.7 Å². The van der Waals surface area contributed by atoms with Crippen molar-refractivity contribution >= 4 is 11.9 Å². The summed E-state index contributed by atoms with van der Waals surface area (Å²) >= 11 is 0. The van der Waals surface area contributed by atoms with E-state index in [1.807, 2.05) is 6.92 Å². The van der Waals surface area contributed by atoms with Gasteiger partial charge in [-0.3, -0.25) is 4.79 Å². The molecule has 156 valence electrons. The minimum Gasteiger partial charge on any atom is -0.461 e. The molecule has 1 aliphatic heterocycles. The van der Waals surface area contributed by atoms with Crippen molar-refractivity contribution in [1.82, 2.24) is 4.90 Å². The second-order valence-electron chi connectivity index (χ2n) is 10.3. The highest BCUT2D eigenvalue weighted by Crippen LogP contribution is 2.57. The molecule has 0 aromatic heterocycles. The van der Waals surface area contributed by atoms with E-state index in [0.717, 1.165) is 25.7 Å². The van der Waals surface area contributed by atoms with Gasteiger partial charge in [0, 0.05) is 13.0 Å². The lowest BCUT2D eigenvalue weighted by molar-refractivity contribution is -0.158. The van der Waals surface area contributed by atoms with Gasteiger partial charge in [0.2, 0.25) is 5.91 Å². The fraction of sp³-hybridized carbons (Fsp3) is 0.913. The number of likely N-dealkylation sites (tertiary alicyclic amines) is 1. The van der Waals surface area contributed by atoms with Gasteiger partial charge in [-0.2, -0.15) is 0 Å². The van der Waals surface area contributed by atoms with Crippen LogP contribution in [0.2, 0.25) is 0 Å². The van der Waals surface area contributed by atoms with E-state index >= 15 is 0 Å². The van der Waals surface area contributed by atoms with Crippen LogP contribution in [0.3, 0.4) is 0 Å². The topological polar surface area (TPSA) is 46.6 Å². The summed E-state index contributed by atoms with van der Waals surface area (Å²) in [6.07, 6.45) is 6.39. The quantitative estimate of drug-likeness (QED) is 0.571. The Labute approximate surface area is 166 Å². The van der Waals surface area contributed by atoms with Gasteiger partial charge in [0.1, 0.15) is 6.04 Å². The highest BCUT2D eigenvalue weighted by Gasteiger charge is 2.48. The van der Waals surface area contributed by atoms with Gasteiger partial charge < -0.3 is 9.64 Å². The Hall–Kier alpha value is -1.06. The lowest BCUT2D eigenvalue weighted by Crippen LogP contribution is -2.43. The average molecular weight is 380 g/mol. The fourth-order valence-corrected chi connectivity index (χ4v) is 4.78. The number of carbonyl (C=O) groups excluding carboxylic acids is 2. The Bertz CT molecular complexity index is 540. The van der Waals surface area contributed by atoms with E-state index in [1.54, 1.807) is 4.90 Å². The van der Waals surface area contributed by atoms with Gasteiger partial charge in [0.25, 0.3) is 0 Å². The van der Waals surface area contributed by atoms with Crippen molar-refractivity contribution in [3.8, 4) is 0 Å². The Morgan fingerprint density at radius 3 is 2.37 bits per heavy atom. The fourth-order valence-electron chi connectivity index (χ4n) is 4.78. The minimum atomic E-state index is -0.378. The number of carbonyl (C=O) groups is 2. The zero-order valence-electron chi connectivity index (χ0n) is 18.6. The highest BCUT2D eigenvalue weighted by atomic mass is 16.5. The van der Waals surface area contributed by atoms with E-state index in [1.165, 1.54) is 12.8 Å². The Kier molecular flexibility index (Phi) is 7.02. The molecule has 1 amide bonds. The molecule has 0 spiro atoms. The molecule has 2 rings (SSSR count). The standard InChI is InChI=1S/C23H41NO3/c1-8-16(2)14-20(25)24-13-9-10-19(24)21(26)27-17(3)15-18-11-12-22(4,5)23(18,6)7/h16-19H,8-15H2,1-7H3. The van der Waals surface area contributed by atoms with Crippen molar-refractivity contribution in [2.24, 2.45) is 22.7 Å². The monoisotopic (exact) mass is 379 g/mol. The number of hydrogen-bond donors (Lipinski definition) is 0. The van der Waals surface area contributed by atoms with Crippen LogP contribution in [-0.4, -0.2) is 35.5 Å². The van der Waals surface area contributed by atoms with Crippen LogP contribution in [0.25, 0.3) is 0 Å². The van der Waals surface area contributed by atoms with Crippen molar-refractivity contribution in [2.75, 3.05) is 6.54 Å². The number of ether oxygens (including phenoxy) is 1. The van der Waals surface area contributed by atoms with E-state index in [-0.39, 0.29) is 29.4 Å². The van der Waals surface area contributed by atoms with Crippen LogP contribution in [0.15, 0.2) is 0 Å². The third kappa shape index (κ3) is 4.86. The highest BCUT2D eigenvalue weighted by molar-refractivity contribution is 5.85. The van der Waals surface area contributed by atoms with Gasteiger partial charge in [-0.1, -0.05) is 48.0 Å². The summed E-state index contributed by atoms with van der Waals surface area (Å²) in [7, 11) is 0. The van der Waals surface area contributed by atoms with Crippen molar-refractivity contribution in [3.05, 3.63) is 0 Å². The van der Waals surface area contributed by atoms with Gasteiger partial charge in [-0.15, -0.1) is 0 Å². The predicted molar refractivity (Wildman–Crippen MR) is 109 cm³/mol. The number of amides is 1. The van der Waals surface area contributed by atoms with Crippen molar-refractivity contribution in [2.45, 2.75) is 106 Å². The molecule has 4 heteroatoms. The van der Waals surface area contributed by atoms with Gasteiger partial charge in [-0.25, -0.2) is 4.79 Å². The van der Waals surface area contributed by atoms with Crippen molar-refractivity contribution in [3.63, 3.8) is 0 Å². The number of hydrogen-bond acceptors (Lipinski definition) is 3. The molecule has 27 heavy (non-hydrogen) atoms. The first kappa shape index (κ1) is 22.2. The first-order valence-electron chi connectivity index (χ1n) is 11.0. The normalized spacial score (nSPS) is 28.8. The molecule has 0 aromatic rings. The second-order valence-corrected chi connectivity index (χ2v) is 10.3. The Morgan fingerprint density at radius 1 is 1.15 bits per heavy atom. The second kappa shape index (κ2) is 8.53. The molecule has 0 radical (unpaired) electrons. The maximum atomic E-state index is 12.8. The maximum Gasteiger partial charge on any atom is 0.329 e. The maximum absolute atomic E-state index is 12.8. The lowest BCUT2D eigenvalue weighted by atomic mass is 9.66. The Balaban J connectivity index is 1.91. The molecule has 0 bridgehead atoms. The molecule has 1 saturated heterocycles. The SMILES string of the molecule is CCC(C)CC(=O)N1CCCC1C(=O)OC(C)CC1CCC(C)(C)C1(C)C. The third-order valence-corrected chi connectivity index (χ3v) is 7.88. The van der Waals surface area contributed by atoms with E-state index in [2.05, 4.69) is 41.5 Å². The molecule has 4 unspecified atom stereocenters. The average Bonchev–Trinajstić information content (AvgIpc) is 3.14. The lowest BCUT2D eigenvalue weighted by Gasteiger charge is -2.40. The molecule has 4 atom stereocenters. The third-order valence-electron chi connectivity index (χ3n) is 7.88. The first-order chi connectivity index (χ1) is 12.5. The molecule has 4 nitrogen and oxygen atoms in total. The molecule has 1 saturated carbocycles. The molecule has 2 aliphatic rings. The number of nitrogens with zero attached hydrogens (tertiary/aromatic N) is 1. The molecule has 0 N–H and O–H groups in total. The van der Waals surface area contributed by atoms with Gasteiger partial charge in [0.05, 0.1) is 6.10 Å². The summed E-state index contributed by atoms with van der Waals surface area (Å²) in [5.74, 6) is 0.839. The molecule has 1 heterocycles. The van der Waals surface area contributed by atoms with E-state index < -0.39 is 0 Å². The number of esters is 1. The summed E-state index contributed by atoms with van der Waals surface area (Å²) in [5.41, 5.74) is 0.575. The van der Waals surface area contributed by atoms with Crippen LogP contribution in [-0.2, 0) is 14.3 Å². The van der Waals surface area contributed by atoms with Crippen LogP contribution in [0.1, 0.15) is 93.4 Å². The van der Waals surface area contributed by atoms with E-state index in [0.29, 0.717) is 30.2 Å². The van der Waals surface area contributed by atoms with Crippen LogP contribution in [0.4, 0.5) is 0 Å². The molecule has 2 fully saturated rings. The summed E-state index contributed by atoms with van der Waals surface area (Å²) in [5, 5.41) is 0. The van der Waals surface area contributed by atoms with Crippen LogP contribution >= 0.6 is 0 Å². The molecule has 1 aliphatic carbocycles. The summed E-state index contributed by atoms with van der Waals surface area (Å²) in [6, 6.07) is -0.378. The molecule has 0 aromatic carbocycles. The van der Waals surface area contributed by atoms with Crippen molar-refractivity contribution in [1.29, 1.82) is 0 Å². The van der Waals surface area contributed by atoms with E-state index in [9.17, 15) is 9.59 Å². The van der Waals surface area contributed by atoms with Crippen LogP contribution in [0.5, 0.6) is 0 Å². The number of rotatable bonds is 7. The smallest absolute Gasteiger partial charge is 0.329 e. The zero-order chi connectivity index (χ0) is 20.4. The molecular formula is C23H41NO3. The minimum absolute atomic E-state index is 0.0946. The molecular weight excluding hydrogens is 338 g/mol. The predicted octanol–water partition coefficient (Wildman–Crippen LogP) is 5.20. The summed E-state index contributed by atoms with van der Waals surface area (Å²) in [4.78, 5) is 27.1. The van der Waals surface area contributed by atoms with Crippen molar-refractivity contribution < 1.29 is 14.3 Å². The van der Waals surface area contributed by atoms with Crippen LogP contribution < -0.4 is 0 Å². The zero-order valence-corrected chi connectivity index (χ0v) is 18.6.